The van der Waals surface area contributed by atoms with Gasteiger partial charge in [-0.15, -0.1) is 0 Å². The number of fused-ring (bicyclic) bond motifs is 1. The lowest BCUT2D eigenvalue weighted by atomic mass is 9.98. The second kappa shape index (κ2) is 4.30. The van der Waals surface area contributed by atoms with E-state index in [4.69, 9.17) is 0 Å². The predicted octanol–water partition coefficient (Wildman–Crippen LogP) is 3.77. The van der Waals surface area contributed by atoms with Crippen molar-refractivity contribution in [1.29, 1.82) is 0 Å². The van der Waals surface area contributed by atoms with Crippen LogP contribution >= 0.6 is 0 Å². The average Bonchev–Trinajstić information content (AvgIpc) is 2.81. The second-order valence-corrected chi connectivity index (χ2v) is 4.86. The molecule has 0 fully saturated rings. The van der Waals surface area contributed by atoms with Crippen LogP contribution in [-0.2, 0) is 6.42 Å². The number of aryl methyl sites for hydroxylation is 2. The van der Waals surface area contributed by atoms with Crippen molar-refractivity contribution in [2.45, 2.75) is 20.3 Å². The minimum absolute atomic E-state index is 0.975. The van der Waals surface area contributed by atoms with Crippen molar-refractivity contribution in [1.82, 2.24) is 9.97 Å². The number of rotatable bonds is 2. The number of hydrogen-bond acceptors (Lipinski definition) is 1. The quantitative estimate of drug-likeness (QED) is 0.721. The number of nitrogens with one attached hydrogen (secondary N) is 1. The summed E-state index contributed by atoms with van der Waals surface area (Å²) in [6, 6.07) is 13.0. The lowest BCUT2D eigenvalue weighted by Gasteiger charge is -2.07. The molecule has 1 aromatic heterocycles. The van der Waals surface area contributed by atoms with E-state index in [9.17, 15) is 0 Å². The highest BCUT2D eigenvalue weighted by Gasteiger charge is 2.03. The Balaban J connectivity index is 1.97. The fourth-order valence-electron chi connectivity index (χ4n) is 2.30. The first-order valence-electron chi connectivity index (χ1n) is 6.20. The normalized spacial score (nSPS) is 11.0. The summed E-state index contributed by atoms with van der Waals surface area (Å²) in [5.74, 6) is 0. The van der Waals surface area contributed by atoms with Crippen LogP contribution in [0.3, 0.4) is 0 Å². The van der Waals surface area contributed by atoms with E-state index in [0.29, 0.717) is 0 Å². The summed E-state index contributed by atoms with van der Waals surface area (Å²) in [6.45, 7) is 4.31. The van der Waals surface area contributed by atoms with Crippen LogP contribution in [0.5, 0.6) is 0 Å². The molecule has 0 amide bonds. The van der Waals surface area contributed by atoms with E-state index in [1.807, 2.05) is 0 Å². The molecule has 0 radical (unpaired) electrons. The predicted molar refractivity (Wildman–Crippen MR) is 74.8 cm³/mol. The highest BCUT2D eigenvalue weighted by molar-refractivity contribution is 5.75. The molecule has 90 valence electrons. The van der Waals surface area contributed by atoms with Crippen molar-refractivity contribution >= 4 is 11.0 Å². The summed E-state index contributed by atoms with van der Waals surface area (Å²) < 4.78 is 0. The first kappa shape index (κ1) is 11.0. The average molecular weight is 236 g/mol. The molecular weight excluding hydrogens is 220 g/mol. The summed E-state index contributed by atoms with van der Waals surface area (Å²) in [5.41, 5.74) is 7.52. The molecular formula is C16H16N2. The smallest absolute Gasteiger partial charge is 0.0931 e. The van der Waals surface area contributed by atoms with Gasteiger partial charge in [0.15, 0.2) is 0 Å². The third-order valence-electron chi connectivity index (χ3n) is 3.38. The number of hydrogen-bond donors (Lipinski definition) is 1. The Labute approximate surface area is 107 Å². The van der Waals surface area contributed by atoms with Gasteiger partial charge in [-0.05, 0) is 49.1 Å². The lowest BCUT2D eigenvalue weighted by molar-refractivity contribution is 1.15. The molecule has 0 unspecified atom stereocenters. The maximum atomic E-state index is 4.24. The first-order chi connectivity index (χ1) is 8.72. The Morgan fingerprint density at radius 1 is 1.06 bits per heavy atom. The molecule has 1 heterocycles. The molecule has 1 N–H and O–H groups in total. The number of aromatic amines is 1. The van der Waals surface area contributed by atoms with Gasteiger partial charge in [0.05, 0.1) is 17.4 Å². The van der Waals surface area contributed by atoms with Crippen LogP contribution < -0.4 is 0 Å². The Hall–Kier alpha value is -2.09. The van der Waals surface area contributed by atoms with Gasteiger partial charge in [0.2, 0.25) is 0 Å². The first-order valence-corrected chi connectivity index (χ1v) is 6.20. The molecule has 0 saturated carbocycles. The van der Waals surface area contributed by atoms with Crippen LogP contribution in [0.15, 0.2) is 42.7 Å². The van der Waals surface area contributed by atoms with Gasteiger partial charge in [-0.25, -0.2) is 4.98 Å². The van der Waals surface area contributed by atoms with Crippen LogP contribution in [0.25, 0.3) is 11.0 Å². The van der Waals surface area contributed by atoms with Gasteiger partial charge in [-0.2, -0.15) is 0 Å². The second-order valence-electron chi connectivity index (χ2n) is 4.86. The molecule has 2 heteroatoms. The van der Waals surface area contributed by atoms with Gasteiger partial charge < -0.3 is 4.98 Å². The van der Waals surface area contributed by atoms with E-state index in [1.165, 1.54) is 22.3 Å². The third-order valence-corrected chi connectivity index (χ3v) is 3.38. The minimum atomic E-state index is 0.975. The molecule has 0 aliphatic rings. The van der Waals surface area contributed by atoms with Crippen molar-refractivity contribution in [3.05, 3.63) is 65.0 Å². The Morgan fingerprint density at radius 2 is 1.94 bits per heavy atom. The highest BCUT2D eigenvalue weighted by Crippen LogP contribution is 2.18. The van der Waals surface area contributed by atoms with E-state index in [0.717, 1.165) is 17.5 Å². The maximum absolute atomic E-state index is 4.24. The number of H-pyrrole nitrogens is 1. The number of aromatic nitrogens is 2. The number of benzene rings is 2. The van der Waals surface area contributed by atoms with Gasteiger partial charge in [-0.1, -0.05) is 29.8 Å². The summed E-state index contributed by atoms with van der Waals surface area (Å²) >= 11 is 0. The van der Waals surface area contributed by atoms with Crippen molar-refractivity contribution in [3.63, 3.8) is 0 Å². The highest BCUT2D eigenvalue weighted by atomic mass is 14.9. The molecule has 3 rings (SSSR count). The molecule has 3 aromatic rings. The van der Waals surface area contributed by atoms with Crippen LogP contribution in [0.1, 0.15) is 22.3 Å². The van der Waals surface area contributed by atoms with Crippen LogP contribution in [0.2, 0.25) is 0 Å². The van der Waals surface area contributed by atoms with Crippen LogP contribution in [-0.4, -0.2) is 9.97 Å². The van der Waals surface area contributed by atoms with Crippen molar-refractivity contribution in [2.75, 3.05) is 0 Å². The van der Waals surface area contributed by atoms with Crippen molar-refractivity contribution in [2.24, 2.45) is 0 Å². The molecule has 0 aliphatic carbocycles. The number of imidazole rings is 1. The van der Waals surface area contributed by atoms with E-state index < -0.39 is 0 Å². The van der Waals surface area contributed by atoms with Gasteiger partial charge in [0, 0.05) is 0 Å². The van der Waals surface area contributed by atoms with Crippen molar-refractivity contribution in [3.8, 4) is 0 Å². The standard InChI is InChI=1S/C16H16N2/c1-11-3-4-12(2)14(7-11)8-13-5-6-15-16(9-13)18-10-17-15/h3-7,9-10H,8H2,1-2H3,(H,17,18). The SMILES string of the molecule is Cc1ccc(C)c(Cc2ccc3nc[nH]c3c2)c1. The van der Waals surface area contributed by atoms with E-state index in [-0.39, 0.29) is 0 Å². The third kappa shape index (κ3) is 2.02. The summed E-state index contributed by atoms with van der Waals surface area (Å²) in [6.07, 6.45) is 2.72. The summed E-state index contributed by atoms with van der Waals surface area (Å²) in [5, 5.41) is 0. The van der Waals surface area contributed by atoms with Crippen LogP contribution in [0, 0.1) is 13.8 Å². The zero-order valence-corrected chi connectivity index (χ0v) is 10.7. The number of nitrogens with zero attached hydrogens (tertiary/aromatic N) is 1. The minimum Gasteiger partial charge on any atom is -0.345 e. The van der Waals surface area contributed by atoms with E-state index in [2.05, 4.69) is 60.2 Å². The molecule has 0 saturated heterocycles. The van der Waals surface area contributed by atoms with Gasteiger partial charge in [-0.3, -0.25) is 0 Å². The molecule has 2 nitrogen and oxygen atoms in total. The zero-order chi connectivity index (χ0) is 12.5. The fourth-order valence-corrected chi connectivity index (χ4v) is 2.30. The zero-order valence-electron chi connectivity index (χ0n) is 10.7. The van der Waals surface area contributed by atoms with Crippen molar-refractivity contribution < 1.29 is 0 Å². The maximum Gasteiger partial charge on any atom is 0.0931 e. The largest absolute Gasteiger partial charge is 0.345 e. The van der Waals surface area contributed by atoms with E-state index >= 15 is 0 Å². The molecule has 2 aromatic carbocycles. The molecule has 0 atom stereocenters. The Bertz CT molecular complexity index is 695. The van der Waals surface area contributed by atoms with E-state index in [1.54, 1.807) is 6.33 Å². The molecule has 0 aliphatic heterocycles. The topological polar surface area (TPSA) is 28.7 Å². The molecule has 0 spiro atoms. The van der Waals surface area contributed by atoms with Crippen LogP contribution in [0.4, 0.5) is 0 Å². The van der Waals surface area contributed by atoms with Gasteiger partial charge in [0.1, 0.15) is 0 Å². The Morgan fingerprint density at radius 3 is 2.83 bits per heavy atom. The summed E-state index contributed by atoms with van der Waals surface area (Å²) in [4.78, 5) is 7.40. The monoisotopic (exact) mass is 236 g/mol. The summed E-state index contributed by atoms with van der Waals surface area (Å²) in [7, 11) is 0. The fraction of sp³-hybridized carbons (Fsp3) is 0.188. The lowest BCUT2D eigenvalue weighted by Crippen LogP contribution is -1.92. The van der Waals surface area contributed by atoms with Gasteiger partial charge in [0.25, 0.3) is 0 Å². The molecule has 18 heavy (non-hydrogen) atoms. The Kier molecular flexibility index (Phi) is 2.63. The molecule has 0 bridgehead atoms. The van der Waals surface area contributed by atoms with Gasteiger partial charge >= 0.3 is 0 Å².